The van der Waals surface area contributed by atoms with E-state index in [2.05, 4.69) is 4.98 Å². The monoisotopic (exact) mass is 497 g/mol. The first kappa shape index (κ1) is 25.2. The molecule has 4 rings (SSSR count). The second kappa shape index (κ2) is 9.26. The van der Waals surface area contributed by atoms with Crippen LogP contribution in [0.1, 0.15) is 64.6 Å². The lowest BCUT2D eigenvalue weighted by Gasteiger charge is -2.35. The zero-order valence-electron chi connectivity index (χ0n) is 18.8. The number of pyridine rings is 1. The van der Waals surface area contributed by atoms with Gasteiger partial charge < -0.3 is 4.74 Å². The summed E-state index contributed by atoms with van der Waals surface area (Å²) in [6.45, 7) is 3.28. The van der Waals surface area contributed by atoms with E-state index in [9.17, 15) is 30.7 Å². The van der Waals surface area contributed by atoms with E-state index in [0.29, 0.717) is 25.0 Å². The number of benzene rings is 2. The minimum Gasteiger partial charge on any atom is -0.370 e. The molecule has 3 atom stereocenters. The molecule has 9 heteroatoms. The van der Waals surface area contributed by atoms with Crippen molar-refractivity contribution >= 4 is 0 Å². The Labute approximate surface area is 197 Å². The van der Waals surface area contributed by atoms with Crippen LogP contribution in [0.4, 0.5) is 30.7 Å². The molecular formula is C26H22F7NO. The van der Waals surface area contributed by atoms with Crippen molar-refractivity contribution in [1.82, 2.24) is 4.98 Å². The fourth-order valence-corrected chi connectivity index (χ4v) is 4.52. The van der Waals surface area contributed by atoms with Gasteiger partial charge in [0.25, 0.3) is 0 Å². The molecule has 186 valence electrons. The van der Waals surface area contributed by atoms with Crippen molar-refractivity contribution in [2.24, 2.45) is 0 Å². The lowest BCUT2D eigenvalue weighted by Crippen LogP contribution is -2.31. The van der Waals surface area contributed by atoms with Crippen molar-refractivity contribution in [2.75, 3.05) is 0 Å². The first-order chi connectivity index (χ1) is 16.3. The molecule has 2 aromatic carbocycles. The first-order valence-corrected chi connectivity index (χ1v) is 11.0. The lowest BCUT2D eigenvalue weighted by atomic mass is 9.78. The summed E-state index contributed by atoms with van der Waals surface area (Å²) in [6, 6.07) is 11.0. The zero-order valence-corrected chi connectivity index (χ0v) is 18.8. The molecule has 0 amide bonds. The Kier molecular flexibility index (Phi) is 6.66. The van der Waals surface area contributed by atoms with Gasteiger partial charge in [0, 0.05) is 17.3 Å². The maximum Gasteiger partial charge on any atom is 0.416 e. The van der Waals surface area contributed by atoms with Crippen LogP contribution >= 0.6 is 0 Å². The van der Waals surface area contributed by atoms with Crippen molar-refractivity contribution < 1.29 is 35.5 Å². The number of aromatic nitrogens is 1. The Morgan fingerprint density at radius 1 is 0.886 bits per heavy atom. The third-order valence-electron chi connectivity index (χ3n) is 6.21. The lowest BCUT2D eigenvalue weighted by molar-refractivity contribution is -0.143. The number of fused-ring (bicyclic) bond motifs is 1. The summed E-state index contributed by atoms with van der Waals surface area (Å²) >= 11 is 0. The Balaban J connectivity index is 1.71. The van der Waals surface area contributed by atoms with Crippen LogP contribution in [-0.4, -0.2) is 11.1 Å². The molecule has 0 saturated heterocycles. The number of rotatable bonds is 4. The highest BCUT2D eigenvalue weighted by Gasteiger charge is 2.38. The largest absolute Gasteiger partial charge is 0.416 e. The van der Waals surface area contributed by atoms with Crippen LogP contribution in [0.2, 0.25) is 0 Å². The van der Waals surface area contributed by atoms with Crippen LogP contribution < -0.4 is 0 Å². The molecule has 1 aromatic heterocycles. The average Bonchev–Trinajstić information content (AvgIpc) is 2.78. The highest BCUT2D eigenvalue weighted by molar-refractivity contribution is 5.40. The van der Waals surface area contributed by atoms with Gasteiger partial charge in [0.1, 0.15) is 5.82 Å². The molecule has 1 aliphatic carbocycles. The van der Waals surface area contributed by atoms with Crippen molar-refractivity contribution in [3.63, 3.8) is 0 Å². The maximum absolute atomic E-state index is 13.6. The second-order valence-electron chi connectivity index (χ2n) is 8.71. The third-order valence-corrected chi connectivity index (χ3v) is 6.21. The van der Waals surface area contributed by atoms with Crippen LogP contribution in [-0.2, 0) is 23.5 Å². The van der Waals surface area contributed by atoms with Gasteiger partial charge in [-0.05, 0) is 79.8 Å². The van der Waals surface area contributed by atoms with Gasteiger partial charge >= 0.3 is 12.4 Å². The molecule has 1 aliphatic rings. The predicted molar refractivity (Wildman–Crippen MR) is 115 cm³/mol. The van der Waals surface area contributed by atoms with Crippen LogP contribution in [0, 0.1) is 12.7 Å². The van der Waals surface area contributed by atoms with Gasteiger partial charge in [-0.3, -0.25) is 4.98 Å². The maximum atomic E-state index is 13.6. The first-order valence-electron chi connectivity index (χ1n) is 11.0. The zero-order chi connectivity index (χ0) is 25.5. The van der Waals surface area contributed by atoms with E-state index >= 15 is 0 Å². The third kappa shape index (κ3) is 5.50. The summed E-state index contributed by atoms with van der Waals surface area (Å²) in [5.41, 5.74) is 0.213. The summed E-state index contributed by atoms with van der Waals surface area (Å²) < 4.78 is 99.7. The number of ether oxygens (including phenoxy) is 1. The summed E-state index contributed by atoms with van der Waals surface area (Å²) in [4.78, 5) is 4.58. The molecule has 35 heavy (non-hydrogen) atoms. The van der Waals surface area contributed by atoms with E-state index in [1.807, 2.05) is 19.1 Å². The number of hydrogen-bond acceptors (Lipinski definition) is 2. The average molecular weight is 497 g/mol. The second-order valence-corrected chi connectivity index (χ2v) is 8.71. The Morgan fingerprint density at radius 2 is 1.49 bits per heavy atom. The van der Waals surface area contributed by atoms with E-state index < -0.39 is 47.4 Å². The van der Waals surface area contributed by atoms with Gasteiger partial charge in [-0.25, -0.2) is 4.39 Å². The van der Waals surface area contributed by atoms with E-state index in [4.69, 9.17) is 4.74 Å². The highest BCUT2D eigenvalue weighted by atomic mass is 19.4. The predicted octanol–water partition coefficient (Wildman–Crippen LogP) is 7.79. The Hall–Kier alpha value is -2.94. The van der Waals surface area contributed by atoms with Gasteiger partial charge in [0.2, 0.25) is 0 Å². The fourth-order valence-electron chi connectivity index (χ4n) is 4.52. The standard InChI is InChI=1S/C26H22F7NO/c1-14-3-8-21-22(34-14)9-10-23(24(21)16-4-6-20(27)7-5-16)35-15(2)17-11-18(25(28,29)30)13-19(12-17)26(31,32)33/h3-8,11-13,15,23-24H,9-10H2,1-2H3/t15?,23-,24-/m0/s1. The van der Waals surface area contributed by atoms with Crippen molar-refractivity contribution in [2.45, 2.75) is 57.2 Å². The van der Waals surface area contributed by atoms with Crippen LogP contribution in [0.3, 0.4) is 0 Å². The van der Waals surface area contributed by atoms with E-state index in [0.717, 1.165) is 22.5 Å². The quantitative estimate of drug-likeness (QED) is 0.343. The van der Waals surface area contributed by atoms with E-state index in [-0.39, 0.29) is 11.6 Å². The van der Waals surface area contributed by atoms with Crippen LogP contribution in [0.15, 0.2) is 54.6 Å². The van der Waals surface area contributed by atoms with E-state index in [1.165, 1.54) is 19.1 Å². The molecule has 1 unspecified atom stereocenters. The Bertz CT molecular complexity index is 1170. The van der Waals surface area contributed by atoms with Gasteiger partial charge in [0.15, 0.2) is 0 Å². The van der Waals surface area contributed by atoms with Crippen molar-refractivity contribution in [1.29, 1.82) is 0 Å². The minimum atomic E-state index is -4.94. The van der Waals surface area contributed by atoms with Crippen LogP contribution in [0.25, 0.3) is 0 Å². The molecule has 3 aromatic rings. The summed E-state index contributed by atoms with van der Waals surface area (Å²) in [5, 5.41) is 0. The van der Waals surface area contributed by atoms with Crippen molar-refractivity contribution in [3.05, 3.63) is 99.6 Å². The van der Waals surface area contributed by atoms with Gasteiger partial charge in [-0.1, -0.05) is 18.2 Å². The minimum absolute atomic E-state index is 0.0996. The molecule has 0 spiro atoms. The number of alkyl halides is 6. The fraction of sp³-hybridized carbons (Fsp3) is 0.346. The molecule has 0 fully saturated rings. The molecular weight excluding hydrogens is 475 g/mol. The molecule has 0 aliphatic heterocycles. The number of aryl methyl sites for hydroxylation is 2. The molecule has 0 saturated carbocycles. The summed E-state index contributed by atoms with van der Waals surface area (Å²) in [7, 11) is 0. The number of halogens is 7. The molecule has 0 bridgehead atoms. The molecule has 0 N–H and O–H groups in total. The topological polar surface area (TPSA) is 22.1 Å². The van der Waals surface area contributed by atoms with Gasteiger partial charge in [-0.2, -0.15) is 26.3 Å². The van der Waals surface area contributed by atoms with Gasteiger partial charge in [-0.15, -0.1) is 0 Å². The smallest absolute Gasteiger partial charge is 0.370 e. The highest BCUT2D eigenvalue weighted by Crippen LogP contribution is 2.42. The number of nitrogens with zero attached hydrogens (tertiary/aromatic N) is 1. The SMILES string of the molecule is Cc1ccc2c(n1)CC[C@H](OC(C)c1cc(C(F)(F)F)cc(C(F)(F)F)c1)[C@H]2c1ccc(F)cc1. The number of hydrogen-bond donors (Lipinski definition) is 0. The van der Waals surface area contributed by atoms with Crippen LogP contribution in [0.5, 0.6) is 0 Å². The van der Waals surface area contributed by atoms with Gasteiger partial charge in [0.05, 0.1) is 23.3 Å². The molecule has 1 heterocycles. The summed E-state index contributed by atoms with van der Waals surface area (Å²) in [5.74, 6) is -0.843. The molecule has 0 radical (unpaired) electrons. The molecule has 2 nitrogen and oxygen atoms in total. The Morgan fingerprint density at radius 3 is 2.06 bits per heavy atom. The summed E-state index contributed by atoms with van der Waals surface area (Å²) in [6.07, 6.45) is -10.6. The van der Waals surface area contributed by atoms with Crippen molar-refractivity contribution in [3.8, 4) is 0 Å². The van der Waals surface area contributed by atoms with E-state index in [1.54, 1.807) is 12.1 Å². The normalized spacial score (nSPS) is 19.3.